The lowest BCUT2D eigenvalue weighted by Gasteiger charge is -2.13. The van der Waals surface area contributed by atoms with Crippen molar-refractivity contribution in [3.05, 3.63) is 29.3 Å². The lowest BCUT2D eigenvalue weighted by molar-refractivity contribution is -0.118. The Morgan fingerprint density at radius 1 is 1.21 bits per heavy atom. The standard InChI is InChI=1S/C19H24N6O3S/c20-16(27)5-6-17-22-23-19(25(17)13-3-4-13)29-11-15(26)12-9-14(21-10-12)18(28)24-7-1-2-8-24/h9-10,13,21H,1-8,11H2,(H2,20,27). The third kappa shape index (κ3) is 4.52. The molecule has 2 fully saturated rings. The number of hydrogen-bond donors (Lipinski definition) is 2. The van der Waals surface area contributed by atoms with Crippen LogP contribution in [-0.4, -0.2) is 61.1 Å². The first-order valence-corrected chi connectivity index (χ1v) is 10.9. The fraction of sp³-hybridized carbons (Fsp3) is 0.526. The minimum absolute atomic E-state index is 0.0539. The molecule has 1 saturated heterocycles. The zero-order chi connectivity index (χ0) is 20.4. The Kier molecular flexibility index (Phi) is 5.70. The van der Waals surface area contributed by atoms with Gasteiger partial charge in [0.05, 0.1) is 5.75 Å². The molecule has 4 rings (SSSR count). The zero-order valence-corrected chi connectivity index (χ0v) is 16.9. The quantitative estimate of drug-likeness (QED) is 0.472. The van der Waals surface area contributed by atoms with Crippen molar-refractivity contribution in [2.75, 3.05) is 18.8 Å². The number of aryl methyl sites for hydroxylation is 1. The van der Waals surface area contributed by atoms with E-state index < -0.39 is 0 Å². The Labute approximate surface area is 172 Å². The van der Waals surface area contributed by atoms with Crippen LogP contribution in [0.15, 0.2) is 17.4 Å². The normalized spacial score (nSPS) is 16.3. The number of hydrogen-bond acceptors (Lipinski definition) is 6. The molecule has 0 atom stereocenters. The van der Waals surface area contributed by atoms with Gasteiger partial charge in [0.25, 0.3) is 5.91 Å². The number of Topliss-reactive ketones (excluding diaryl/α,β-unsaturated/α-hetero) is 1. The van der Waals surface area contributed by atoms with Gasteiger partial charge in [0, 0.05) is 43.7 Å². The van der Waals surface area contributed by atoms with E-state index in [9.17, 15) is 14.4 Å². The van der Waals surface area contributed by atoms with Gasteiger partial charge in [-0.1, -0.05) is 11.8 Å². The van der Waals surface area contributed by atoms with Crippen LogP contribution in [0, 0.1) is 0 Å². The molecule has 0 bridgehead atoms. The van der Waals surface area contributed by atoms with Crippen molar-refractivity contribution in [1.29, 1.82) is 0 Å². The monoisotopic (exact) mass is 416 g/mol. The second-order valence-corrected chi connectivity index (χ2v) is 8.42. The molecule has 10 heteroatoms. The maximum absolute atomic E-state index is 12.6. The van der Waals surface area contributed by atoms with Gasteiger partial charge >= 0.3 is 0 Å². The number of aromatic amines is 1. The molecular formula is C19H24N6O3S. The molecule has 2 aromatic rings. The molecule has 1 aliphatic heterocycles. The molecule has 2 amide bonds. The largest absolute Gasteiger partial charge is 0.370 e. The number of ketones is 1. The number of nitrogens with one attached hydrogen (secondary N) is 1. The number of primary amides is 1. The molecule has 29 heavy (non-hydrogen) atoms. The van der Waals surface area contributed by atoms with Crippen molar-refractivity contribution in [3.8, 4) is 0 Å². The Bertz CT molecular complexity index is 926. The van der Waals surface area contributed by atoms with Gasteiger partial charge in [-0.15, -0.1) is 10.2 Å². The van der Waals surface area contributed by atoms with Crippen LogP contribution < -0.4 is 5.73 Å². The van der Waals surface area contributed by atoms with Crippen LogP contribution in [0.4, 0.5) is 0 Å². The van der Waals surface area contributed by atoms with Gasteiger partial charge in [-0.3, -0.25) is 14.4 Å². The Balaban J connectivity index is 1.38. The van der Waals surface area contributed by atoms with Crippen molar-refractivity contribution in [3.63, 3.8) is 0 Å². The summed E-state index contributed by atoms with van der Waals surface area (Å²) in [4.78, 5) is 40.8. The van der Waals surface area contributed by atoms with Gasteiger partial charge in [0.15, 0.2) is 10.9 Å². The van der Waals surface area contributed by atoms with Crippen molar-refractivity contribution >= 4 is 29.4 Å². The van der Waals surface area contributed by atoms with Gasteiger partial charge in [-0.2, -0.15) is 0 Å². The number of carbonyl (C=O) groups excluding carboxylic acids is 3. The summed E-state index contributed by atoms with van der Waals surface area (Å²) < 4.78 is 2.03. The van der Waals surface area contributed by atoms with Gasteiger partial charge in [-0.25, -0.2) is 0 Å². The van der Waals surface area contributed by atoms with Crippen LogP contribution in [0.2, 0.25) is 0 Å². The molecule has 0 aromatic carbocycles. The van der Waals surface area contributed by atoms with Crippen molar-refractivity contribution < 1.29 is 14.4 Å². The smallest absolute Gasteiger partial charge is 0.270 e. The first-order valence-electron chi connectivity index (χ1n) is 9.88. The maximum Gasteiger partial charge on any atom is 0.270 e. The van der Waals surface area contributed by atoms with Gasteiger partial charge in [0.2, 0.25) is 5.91 Å². The number of nitrogens with zero attached hydrogens (tertiary/aromatic N) is 4. The summed E-state index contributed by atoms with van der Waals surface area (Å²) in [5.41, 5.74) is 6.18. The van der Waals surface area contributed by atoms with E-state index in [4.69, 9.17) is 5.73 Å². The number of aromatic nitrogens is 4. The molecule has 0 radical (unpaired) electrons. The molecule has 1 saturated carbocycles. The third-order valence-corrected chi connectivity index (χ3v) is 6.15. The topological polar surface area (TPSA) is 127 Å². The molecule has 9 nitrogen and oxygen atoms in total. The molecule has 154 valence electrons. The fourth-order valence-electron chi connectivity index (χ4n) is 3.49. The van der Waals surface area contributed by atoms with E-state index in [2.05, 4.69) is 15.2 Å². The maximum atomic E-state index is 12.6. The molecule has 1 aliphatic carbocycles. The zero-order valence-electron chi connectivity index (χ0n) is 16.1. The summed E-state index contributed by atoms with van der Waals surface area (Å²) in [5.74, 6) is 0.445. The highest BCUT2D eigenvalue weighted by Crippen LogP contribution is 2.39. The van der Waals surface area contributed by atoms with Crippen LogP contribution in [0.3, 0.4) is 0 Å². The Morgan fingerprint density at radius 2 is 1.97 bits per heavy atom. The van der Waals surface area contributed by atoms with E-state index >= 15 is 0 Å². The van der Waals surface area contributed by atoms with Crippen LogP contribution in [0.5, 0.6) is 0 Å². The number of nitrogens with two attached hydrogens (primary N) is 1. The fourth-order valence-corrected chi connectivity index (χ4v) is 4.41. The molecule has 3 N–H and O–H groups in total. The van der Waals surface area contributed by atoms with Crippen LogP contribution in [0.1, 0.15) is 64.8 Å². The second kappa shape index (κ2) is 8.40. The number of rotatable bonds is 9. The summed E-state index contributed by atoms with van der Waals surface area (Å²) in [6.07, 6.45) is 6.41. The first-order chi connectivity index (χ1) is 14.0. The predicted octanol–water partition coefficient (Wildman–Crippen LogP) is 1.57. The van der Waals surface area contributed by atoms with Crippen LogP contribution in [0.25, 0.3) is 0 Å². The molecule has 0 unspecified atom stereocenters. The highest BCUT2D eigenvalue weighted by Gasteiger charge is 2.30. The summed E-state index contributed by atoms with van der Waals surface area (Å²) in [7, 11) is 0. The van der Waals surface area contributed by atoms with E-state index in [1.54, 1.807) is 17.2 Å². The number of H-pyrrole nitrogens is 1. The van der Waals surface area contributed by atoms with Crippen LogP contribution in [-0.2, 0) is 11.2 Å². The van der Waals surface area contributed by atoms with Gasteiger partial charge in [-0.05, 0) is 31.7 Å². The summed E-state index contributed by atoms with van der Waals surface area (Å²) in [5, 5.41) is 9.08. The summed E-state index contributed by atoms with van der Waals surface area (Å²) >= 11 is 1.33. The Morgan fingerprint density at radius 3 is 2.66 bits per heavy atom. The van der Waals surface area contributed by atoms with Gasteiger partial charge < -0.3 is 20.2 Å². The lowest BCUT2D eigenvalue weighted by atomic mass is 10.2. The number of amides is 2. The summed E-state index contributed by atoms with van der Waals surface area (Å²) in [6, 6.07) is 1.97. The highest BCUT2D eigenvalue weighted by molar-refractivity contribution is 7.99. The molecule has 2 aromatic heterocycles. The second-order valence-electron chi connectivity index (χ2n) is 7.48. The molecular weight excluding hydrogens is 392 g/mol. The molecule has 2 aliphatic rings. The first kappa shape index (κ1) is 19.7. The molecule has 3 heterocycles. The average Bonchev–Trinajstić information content (AvgIpc) is 3.15. The minimum Gasteiger partial charge on any atom is -0.370 e. The van der Waals surface area contributed by atoms with E-state index in [1.165, 1.54) is 11.8 Å². The van der Waals surface area contributed by atoms with E-state index in [0.29, 0.717) is 28.9 Å². The molecule has 0 spiro atoms. The van der Waals surface area contributed by atoms with Crippen LogP contribution >= 0.6 is 11.8 Å². The lowest BCUT2D eigenvalue weighted by Crippen LogP contribution is -2.27. The van der Waals surface area contributed by atoms with E-state index in [1.807, 2.05) is 4.57 Å². The Hall–Kier alpha value is -2.62. The van der Waals surface area contributed by atoms with E-state index in [0.717, 1.165) is 44.6 Å². The third-order valence-electron chi connectivity index (χ3n) is 5.20. The highest BCUT2D eigenvalue weighted by atomic mass is 32.2. The average molecular weight is 417 g/mol. The van der Waals surface area contributed by atoms with Crippen molar-refractivity contribution in [2.24, 2.45) is 5.73 Å². The van der Waals surface area contributed by atoms with E-state index in [-0.39, 0.29) is 29.8 Å². The summed E-state index contributed by atoms with van der Waals surface area (Å²) in [6.45, 7) is 1.54. The number of thioether (sulfide) groups is 1. The van der Waals surface area contributed by atoms with Crippen molar-refractivity contribution in [1.82, 2.24) is 24.6 Å². The number of carbonyl (C=O) groups is 3. The number of likely N-dealkylation sites (tertiary alicyclic amines) is 1. The SMILES string of the molecule is NC(=O)CCc1nnc(SCC(=O)c2c[nH]c(C(=O)N3CCCC3)c2)n1C1CC1. The minimum atomic E-state index is -0.369. The van der Waals surface area contributed by atoms with Crippen molar-refractivity contribution in [2.45, 2.75) is 49.7 Å². The van der Waals surface area contributed by atoms with Gasteiger partial charge in [0.1, 0.15) is 11.5 Å². The predicted molar refractivity (Wildman–Crippen MR) is 107 cm³/mol.